The second-order valence-corrected chi connectivity index (χ2v) is 2.76. The molecule has 0 spiro atoms. The van der Waals surface area contributed by atoms with Crippen molar-refractivity contribution in [1.29, 1.82) is 0 Å². The van der Waals surface area contributed by atoms with Crippen molar-refractivity contribution in [3.63, 3.8) is 0 Å². The van der Waals surface area contributed by atoms with Crippen LogP contribution in [0.2, 0.25) is 0 Å². The number of benzene rings is 1. The Kier molecular flexibility index (Phi) is 1.07. The molecular formula is C9H8O2. The van der Waals surface area contributed by atoms with Gasteiger partial charge in [0.25, 0.3) is 0 Å². The fourth-order valence-electron chi connectivity index (χ4n) is 1.20. The predicted molar refractivity (Wildman–Crippen MR) is 41.4 cm³/mol. The summed E-state index contributed by atoms with van der Waals surface area (Å²) in [5, 5.41) is 0. The Morgan fingerprint density at radius 1 is 1.36 bits per heavy atom. The van der Waals surface area contributed by atoms with E-state index in [1.54, 1.807) is 6.07 Å². The van der Waals surface area contributed by atoms with E-state index in [1.807, 2.05) is 13.8 Å². The number of rotatable bonds is 1. The third-order valence-corrected chi connectivity index (χ3v) is 2.14. The molecule has 0 saturated carbocycles. The molecule has 0 aliphatic carbocycles. The van der Waals surface area contributed by atoms with Gasteiger partial charge in [-0.25, -0.2) is 0 Å². The molecule has 0 bridgehead atoms. The minimum atomic E-state index is 0.735. The van der Waals surface area contributed by atoms with E-state index in [1.165, 1.54) is 0 Å². The van der Waals surface area contributed by atoms with Gasteiger partial charge in [-0.15, -0.1) is 0 Å². The molecule has 0 unspecified atom stereocenters. The van der Waals surface area contributed by atoms with Gasteiger partial charge in [0.2, 0.25) is 0 Å². The largest absolute Gasteiger partial charge is 0.449 e. The number of ether oxygens (including phenoxy) is 1. The first kappa shape index (κ1) is 6.40. The molecule has 0 radical (unpaired) electrons. The molecule has 2 rings (SSSR count). The van der Waals surface area contributed by atoms with E-state index in [2.05, 4.69) is 0 Å². The van der Waals surface area contributed by atoms with E-state index in [0.29, 0.717) is 0 Å². The Morgan fingerprint density at radius 3 is 2.73 bits per heavy atom. The van der Waals surface area contributed by atoms with Crippen LogP contribution in [0, 0.1) is 13.8 Å². The molecule has 0 atom stereocenters. The van der Waals surface area contributed by atoms with E-state index in [4.69, 9.17) is 4.74 Å². The molecule has 0 fully saturated rings. The van der Waals surface area contributed by atoms with Crippen LogP contribution in [0.3, 0.4) is 0 Å². The van der Waals surface area contributed by atoms with Gasteiger partial charge in [-0.3, -0.25) is 4.79 Å². The molecule has 2 nitrogen and oxygen atoms in total. The van der Waals surface area contributed by atoms with Crippen LogP contribution in [0.25, 0.3) is 0 Å². The highest BCUT2D eigenvalue weighted by molar-refractivity contribution is 5.82. The minimum Gasteiger partial charge on any atom is -0.449 e. The number of aldehydes is 1. The van der Waals surface area contributed by atoms with Gasteiger partial charge in [0.05, 0.1) is 0 Å². The number of fused-ring (bicyclic) bond motifs is 1. The maximum absolute atomic E-state index is 10.5. The average molecular weight is 148 g/mol. The van der Waals surface area contributed by atoms with Crippen molar-refractivity contribution in [2.75, 3.05) is 0 Å². The van der Waals surface area contributed by atoms with Crippen LogP contribution in [0.15, 0.2) is 6.07 Å². The molecule has 0 aromatic heterocycles. The maximum Gasteiger partial charge on any atom is 0.173 e. The van der Waals surface area contributed by atoms with Gasteiger partial charge in [0, 0.05) is 5.56 Å². The zero-order valence-corrected chi connectivity index (χ0v) is 6.47. The average Bonchev–Trinajstić information content (AvgIpc) is 2.75. The Morgan fingerprint density at radius 2 is 2.09 bits per heavy atom. The first-order valence-electron chi connectivity index (χ1n) is 3.51. The third kappa shape index (κ3) is 0.755. The summed E-state index contributed by atoms with van der Waals surface area (Å²) in [4.78, 5) is 10.5. The molecule has 1 aromatic rings. The summed E-state index contributed by atoms with van der Waals surface area (Å²) < 4.78 is 5.13. The van der Waals surface area contributed by atoms with E-state index in [-0.39, 0.29) is 0 Å². The molecule has 0 N–H and O–H groups in total. The standard InChI is InChI=1S/C9H8O2/c1-5-6(2)9-8(11-9)3-7(5)4-10/h3-4H,1-2H3. The quantitative estimate of drug-likeness (QED) is 0.458. The Hall–Kier alpha value is -1.31. The highest BCUT2D eigenvalue weighted by atomic mass is 16.6. The maximum atomic E-state index is 10.5. The topological polar surface area (TPSA) is 29.6 Å². The summed E-state index contributed by atoms with van der Waals surface area (Å²) in [6, 6.07) is 1.78. The first-order valence-corrected chi connectivity index (χ1v) is 3.51. The van der Waals surface area contributed by atoms with Crippen LogP contribution in [0.1, 0.15) is 21.5 Å². The minimum absolute atomic E-state index is 0.735. The predicted octanol–water partition coefficient (Wildman–Crippen LogP) is 2.22. The van der Waals surface area contributed by atoms with Gasteiger partial charge in [0.1, 0.15) is 6.29 Å². The fraction of sp³-hybridized carbons (Fsp3) is 0.222. The molecule has 2 heteroatoms. The first-order chi connectivity index (χ1) is 5.24. The SMILES string of the molecule is Cc1c(C=O)cc2c(c1C)O2. The van der Waals surface area contributed by atoms with E-state index in [9.17, 15) is 4.79 Å². The zero-order chi connectivity index (χ0) is 8.01. The second-order valence-electron chi connectivity index (χ2n) is 2.76. The van der Waals surface area contributed by atoms with Crippen molar-refractivity contribution < 1.29 is 9.53 Å². The Balaban J connectivity index is 2.70. The third-order valence-electron chi connectivity index (χ3n) is 2.14. The molecule has 1 aromatic carbocycles. The summed E-state index contributed by atoms with van der Waals surface area (Å²) in [6.07, 6.45) is 0.865. The summed E-state index contributed by atoms with van der Waals surface area (Å²) in [6.45, 7) is 3.90. The molecule has 0 amide bonds. The summed E-state index contributed by atoms with van der Waals surface area (Å²) in [5.74, 6) is 1.81. The van der Waals surface area contributed by atoms with Crippen LogP contribution in [-0.2, 0) is 0 Å². The monoisotopic (exact) mass is 148 g/mol. The molecule has 1 aliphatic rings. The number of carbonyl (C=O) groups excluding carboxylic acids is 1. The van der Waals surface area contributed by atoms with Gasteiger partial charge >= 0.3 is 0 Å². The van der Waals surface area contributed by atoms with Gasteiger partial charge in [0.15, 0.2) is 11.5 Å². The van der Waals surface area contributed by atoms with Crippen LogP contribution >= 0.6 is 0 Å². The molecule has 11 heavy (non-hydrogen) atoms. The number of carbonyl (C=O) groups is 1. The summed E-state index contributed by atoms with van der Waals surface area (Å²) in [7, 11) is 0. The van der Waals surface area contributed by atoms with Gasteiger partial charge in [-0.2, -0.15) is 0 Å². The number of hydrogen-bond acceptors (Lipinski definition) is 2. The lowest BCUT2D eigenvalue weighted by Crippen LogP contribution is -1.85. The molecule has 56 valence electrons. The van der Waals surface area contributed by atoms with E-state index < -0.39 is 0 Å². The van der Waals surface area contributed by atoms with Crippen LogP contribution in [0.4, 0.5) is 0 Å². The smallest absolute Gasteiger partial charge is 0.173 e. The highest BCUT2D eigenvalue weighted by Gasteiger charge is 2.25. The summed E-state index contributed by atoms with van der Waals surface area (Å²) >= 11 is 0. The van der Waals surface area contributed by atoms with Crippen molar-refractivity contribution in [2.45, 2.75) is 13.8 Å². The number of hydrogen-bond donors (Lipinski definition) is 0. The fourth-order valence-corrected chi connectivity index (χ4v) is 1.20. The lowest BCUT2D eigenvalue weighted by molar-refractivity contribution is 0.112. The molecule has 0 saturated heterocycles. The van der Waals surface area contributed by atoms with Crippen molar-refractivity contribution >= 4 is 6.29 Å². The van der Waals surface area contributed by atoms with Crippen LogP contribution in [-0.4, -0.2) is 6.29 Å². The second kappa shape index (κ2) is 1.84. The van der Waals surface area contributed by atoms with Crippen LogP contribution < -0.4 is 4.74 Å². The molecule has 1 heterocycles. The lowest BCUT2D eigenvalue weighted by atomic mass is 10.1. The van der Waals surface area contributed by atoms with Gasteiger partial charge in [-0.05, 0) is 31.0 Å². The van der Waals surface area contributed by atoms with Crippen molar-refractivity contribution in [3.8, 4) is 11.5 Å². The lowest BCUT2D eigenvalue weighted by Gasteiger charge is -1.96. The molecular weight excluding hydrogens is 140 g/mol. The molecule has 1 aliphatic heterocycles. The Bertz CT molecular complexity index is 340. The van der Waals surface area contributed by atoms with E-state index in [0.717, 1.165) is 34.5 Å². The zero-order valence-electron chi connectivity index (χ0n) is 6.47. The Labute approximate surface area is 64.8 Å². The highest BCUT2D eigenvalue weighted by Crippen LogP contribution is 2.49. The van der Waals surface area contributed by atoms with Crippen molar-refractivity contribution in [1.82, 2.24) is 0 Å². The van der Waals surface area contributed by atoms with E-state index >= 15 is 0 Å². The van der Waals surface area contributed by atoms with Gasteiger partial charge < -0.3 is 4.74 Å². The van der Waals surface area contributed by atoms with Crippen molar-refractivity contribution in [3.05, 3.63) is 22.8 Å². The normalized spacial score (nSPS) is 11.8. The van der Waals surface area contributed by atoms with Gasteiger partial charge in [-0.1, -0.05) is 0 Å². The summed E-state index contributed by atoms with van der Waals surface area (Å²) in [5.41, 5.74) is 2.85. The van der Waals surface area contributed by atoms with Crippen LogP contribution in [0.5, 0.6) is 11.5 Å². The van der Waals surface area contributed by atoms with Crippen molar-refractivity contribution in [2.24, 2.45) is 0 Å².